The lowest BCUT2D eigenvalue weighted by molar-refractivity contribution is 0.0843. The Morgan fingerprint density at radius 3 is 2.59 bits per heavy atom. The number of carbonyl (C=O) groups excluding carboxylic acids is 1. The van der Waals surface area contributed by atoms with Crippen molar-refractivity contribution in [3.8, 4) is 5.75 Å². The van der Waals surface area contributed by atoms with Crippen molar-refractivity contribution in [2.45, 2.75) is 56.1 Å². The number of hydrogen-bond donors (Lipinski definition) is 2. The zero-order valence-electron chi connectivity index (χ0n) is 18.7. The van der Waals surface area contributed by atoms with Crippen LogP contribution in [0.1, 0.15) is 48.0 Å². The molecule has 1 atom stereocenters. The van der Waals surface area contributed by atoms with Crippen LogP contribution in [0.25, 0.3) is 0 Å². The van der Waals surface area contributed by atoms with Gasteiger partial charge in [-0.25, -0.2) is 8.42 Å². The Kier molecular flexibility index (Phi) is 8.28. The molecule has 3 rings (SSSR count). The van der Waals surface area contributed by atoms with E-state index in [0.29, 0.717) is 5.75 Å². The molecule has 174 valence electrons. The van der Waals surface area contributed by atoms with Crippen molar-refractivity contribution in [1.82, 2.24) is 9.62 Å². The number of aliphatic hydroxyl groups is 1. The Morgan fingerprint density at radius 1 is 1.16 bits per heavy atom. The average Bonchev–Trinajstić information content (AvgIpc) is 2.81. The SMILES string of the molecule is Cc1cccc(OCC(O)CNC(=O)c2cccc(S(=O)(=O)N(C)C3CCCCC3)c2)c1. The molecular weight excluding hydrogens is 428 g/mol. The predicted octanol–water partition coefficient (Wildman–Crippen LogP) is 3.12. The summed E-state index contributed by atoms with van der Waals surface area (Å²) < 4.78 is 33.1. The van der Waals surface area contributed by atoms with E-state index in [2.05, 4.69) is 5.32 Å². The Hall–Kier alpha value is -2.42. The van der Waals surface area contributed by atoms with Gasteiger partial charge >= 0.3 is 0 Å². The Labute approximate surface area is 190 Å². The summed E-state index contributed by atoms with van der Waals surface area (Å²) >= 11 is 0. The second kappa shape index (κ2) is 10.9. The van der Waals surface area contributed by atoms with Crippen LogP contribution in [0.4, 0.5) is 0 Å². The zero-order chi connectivity index (χ0) is 23.1. The van der Waals surface area contributed by atoms with Crippen LogP contribution in [0.3, 0.4) is 0 Å². The van der Waals surface area contributed by atoms with E-state index in [-0.39, 0.29) is 29.7 Å². The molecule has 1 aliphatic carbocycles. The van der Waals surface area contributed by atoms with E-state index < -0.39 is 22.0 Å². The summed E-state index contributed by atoms with van der Waals surface area (Å²) in [7, 11) is -2.07. The van der Waals surface area contributed by atoms with Crippen molar-refractivity contribution < 1.29 is 23.1 Å². The molecule has 0 aliphatic heterocycles. The lowest BCUT2D eigenvalue weighted by Crippen LogP contribution is -2.38. The molecule has 0 radical (unpaired) electrons. The highest BCUT2D eigenvalue weighted by Gasteiger charge is 2.29. The van der Waals surface area contributed by atoms with Crippen LogP contribution < -0.4 is 10.1 Å². The number of benzene rings is 2. The summed E-state index contributed by atoms with van der Waals surface area (Å²) in [5.74, 6) is 0.201. The number of sulfonamides is 1. The van der Waals surface area contributed by atoms with Gasteiger partial charge in [0.1, 0.15) is 18.5 Å². The summed E-state index contributed by atoms with van der Waals surface area (Å²) in [6.07, 6.45) is 4.02. The summed E-state index contributed by atoms with van der Waals surface area (Å²) in [4.78, 5) is 12.6. The predicted molar refractivity (Wildman–Crippen MR) is 123 cm³/mol. The fraction of sp³-hybridized carbons (Fsp3) is 0.458. The third-order valence-corrected chi connectivity index (χ3v) is 7.70. The van der Waals surface area contributed by atoms with Gasteiger partial charge in [0.05, 0.1) is 4.90 Å². The topological polar surface area (TPSA) is 95.9 Å². The molecule has 1 aliphatic rings. The van der Waals surface area contributed by atoms with Crippen molar-refractivity contribution in [1.29, 1.82) is 0 Å². The summed E-state index contributed by atoms with van der Waals surface area (Å²) in [6.45, 7) is 1.97. The number of hydrogen-bond acceptors (Lipinski definition) is 5. The van der Waals surface area contributed by atoms with Gasteiger partial charge in [0, 0.05) is 25.2 Å². The number of aryl methyl sites for hydroxylation is 1. The van der Waals surface area contributed by atoms with E-state index in [1.165, 1.54) is 16.4 Å². The molecular formula is C24H32N2O5S. The molecule has 32 heavy (non-hydrogen) atoms. The first-order valence-electron chi connectivity index (χ1n) is 11.0. The van der Waals surface area contributed by atoms with Gasteiger partial charge in [-0.2, -0.15) is 4.31 Å². The second-order valence-corrected chi connectivity index (χ2v) is 10.3. The van der Waals surface area contributed by atoms with Crippen molar-refractivity contribution in [2.75, 3.05) is 20.2 Å². The monoisotopic (exact) mass is 460 g/mol. The van der Waals surface area contributed by atoms with E-state index in [4.69, 9.17) is 4.74 Å². The van der Waals surface area contributed by atoms with Gasteiger partial charge in [0.2, 0.25) is 10.0 Å². The summed E-state index contributed by atoms with van der Waals surface area (Å²) in [5.41, 5.74) is 1.28. The van der Waals surface area contributed by atoms with Crippen LogP contribution in [0, 0.1) is 6.92 Å². The molecule has 1 saturated carbocycles. The largest absolute Gasteiger partial charge is 0.491 e. The molecule has 0 aromatic heterocycles. The van der Waals surface area contributed by atoms with E-state index in [1.54, 1.807) is 25.2 Å². The number of ether oxygens (including phenoxy) is 1. The fourth-order valence-corrected chi connectivity index (χ4v) is 5.34. The van der Waals surface area contributed by atoms with Gasteiger partial charge in [-0.15, -0.1) is 0 Å². The Bertz CT molecular complexity index is 1020. The first kappa shape index (κ1) is 24.2. The minimum absolute atomic E-state index is 0.00483. The zero-order valence-corrected chi connectivity index (χ0v) is 19.5. The van der Waals surface area contributed by atoms with Crippen LogP contribution >= 0.6 is 0 Å². The Balaban J connectivity index is 1.57. The normalized spacial score (nSPS) is 16.0. The van der Waals surface area contributed by atoms with Crippen LogP contribution in [0.5, 0.6) is 5.75 Å². The summed E-state index contributed by atoms with van der Waals surface area (Å²) in [5, 5.41) is 12.8. The number of amides is 1. The molecule has 1 amide bonds. The maximum atomic E-state index is 13.1. The number of nitrogens with one attached hydrogen (secondary N) is 1. The minimum atomic E-state index is -3.68. The summed E-state index contributed by atoms with van der Waals surface area (Å²) in [6, 6.07) is 13.5. The molecule has 0 spiro atoms. The van der Waals surface area contributed by atoms with Crippen molar-refractivity contribution >= 4 is 15.9 Å². The molecule has 1 fully saturated rings. The van der Waals surface area contributed by atoms with Crippen LogP contribution in [-0.4, -0.2) is 56.1 Å². The first-order valence-corrected chi connectivity index (χ1v) is 12.4. The molecule has 0 bridgehead atoms. The maximum Gasteiger partial charge on any atom is 0.251 e. The van der Waals surface area contributed by atoms with Gasteiger partial charge in [-0.3, -0.25) is 4.79 Å². The lowest BCUT2D eigenvalue weighted by atomic mass is 9.96. The molecule has 8 heteroatoms. The van der Waals surface area contributed by atoms with Crippen LogP contribution in [-0.2, 0) is 10.0 Å². The molecule has 2 aromatic rings. The highest BCUT2D eigenvalue weighted by Crippen LogP contribution is 2.26. The second-order valence-electron chi connectivity index (χ2n) is 8.33. The van der Waals surface area contributed by atoms with E-state index in [1.807, 2.05) is 25.1 Å². The third kappa shape index (κ3) is 6.31. The van der Waals surface area contributed by atoms with E-state index in [0.717, 1.165) is 37.7 Å². The van der Waals surface area contributed by atoms with Gasteiger partial charge in [-0.1, -0.05) is 37.5 Å². The molecule has 0 saturated heterocycles. The highest BCUT2D eigenvalue weighted by molar-refractivity contribution is 7.89. The maximum absolute atomic E-state index is 13.1. The van der Waals surface area contributed by atoms with Gasteiger partial charge in [-0.05, 0) is 55.7 Å². The quantitative estimate of drug-likeness (QED) is 0.599. The van der Waals surface area contributed by atoms with E-state index >= 15 is 0 Å². The standard InChI is InChI=1S/C24H32N2O5S/c1-18-8-6-12-22(14-18)31-17-21(27)16-25-24(28)19-9-7-13-23(15-19)32(29,30)26(2)20-10-4-3-5-11-20/h6-9,12-15,20-21,27H,3-5,10-11,16-17H2,1-2H3,(H,25,28). The van der Waals surface area contributed by atoms with Gasteiger partial charge < -0.3 is 15.2 Å². The average molecular weight is 461 g/mol. The molecule has 2 aromatic carbocycles. The van der Waals surface area contributed by atoms with Crippen molar-refractivity contribution in [3.05, 3.63) is 59.7 Å². The first-order chi connectivity index (χ1) is 15.3. The number of rotatable bonds is 9. The number of nitrogens with zero attached hydrogens (tertiary/aromatic N) is 1. The smallest absolute Gasteiger partial charge is 0.251 e. The van der Waals surface area contributed by atoms with Crippen LogP contribution in [0.15, 0.2) is 53.4 Å². The highest BCUT2D eigenvalue weighted by atomic mass is 32.2. The minimum Gasteiger partial charge on any atom is -0.491 e. The number of carbonyl (C=O) groups is 1. The lowest BCUT2D eigenvalue weighted by Gasteiger charge is -2.30. The third-order valence-electron chi connectivity index (χ3n) is 5.79. The van der Waals surface area contributed by atoms with Gasteiger partial charge in [0.15, 0.2) is 0 Å². The molecule has 1 unspecified atom stereocenters. The van der Waals surface area contributed by atoms with Crippen molar-refractivity contribution in [3.63, 3.8) is 0 Å². The van der Waals surface area contributed by atoms with Crippen LogP contribution in [0.2, 0.25) is 0 Å². The fourth-order valence-electron chi connectivity index (χ4n) is 3.87. The Morgan fingerprint density at radius 2 is 1.88 bits per heavy atom. The van der Waals surface area contributed by atoms with Gasteiger partial charge in [0.25, 0.3) is 5.91 Å². The molecule has 0 heterocycles. The van der Waals surface area contributed by atoms with E-state index in [9.17, 15) is 18.3 Å². The molecule has 7 nitrogen and oxygen atoms in total. The molecule has 2 N–H and O–H groups in total. The van der Waals surface area contributed by atoms with Crippen molar-refractivity contribution in [2.24, 2.45) is 0 Å². The number of aliphatic hydroxyl groups excluding tert-OH is 1.